The number of carboxylic acids is 1. The Bertz CT molecular complexity index is 1210. The number of aryl methyl sites for hydroxylation is 3. The van der Waals surface area contributed by atoms with E-state index in [9.17, 15) is 18.3 Å². The summed E-state index contributed by atoms with van der Waals surface area (Å²) in [7, 11) is -4.30. The molecule has 0 amide bonds. The quantitative estimate of drug-likeness (QED) is 0.534. The van der Waals surface area contributed by atoms with E-state index in [1.807, 2.05) is 0 Å². The van der Waals surface area contributed by atoms with Crippen LogP contribution < -0.4 is 4.31 Å². The standard InChI is InChI=1S/C19H23N5O5S/c1-5-29-10-9-23(16-12(2)7-6-8-15(16)17(25)26)30(27,28)19-21-18-20-13(3)11-14(4)24(18)22-19/h6-8,11H,5,9-10H2,1-4H3,(H,25,26). The number of benzene rings is 1. The van der Waals surface area contributed by atoms with Crippen LogP contribution in [0.3, 0.4) is 0 Å². The van der Waals surface area contributed by atoms with Crippen molar-refractivity contribution in [3.8, 4) is 0 Å². The summed E-state index contributed by atoms with van der Waals surface area (Å²) in [6.07, 6.45) is 0. The molecule has 0 unspecified atom stereocenters. The van der Waals surface area contributed by atoms with Crippen LogP contribution in [0.25, 0.3) is 5.78 Å². The van der Waals surface area contributed by atoms with Gasteiger partial charge in [0.2, 0.25) is 0 Å². The maximum atomic E-state index is 13.5. The smallest absolute Gasteiger partial charge is 0.337 e. The lowest BCUT2D eigenvalue weighted by molar-refractivity contribution is 0.0697. The number of rotatable bonds is 8. The van der Waals surface area contributed by atoms with E-state index in [-0.39, 0.29) is 30.2 Å². The molecule has 0 atom stereocenters. The first kappa shape index (κ1) is 21.7. The zero-order chi connectivity index (χ0) is 22.1. The van der Waals surface area contributed by atoms with E-state index in [1.54, 1.807) is 45.9 Å². The molecule has 10 nitrogen and oxygen atoms in total. The second kappa shape index (κ2) is 8.36. The number of aromatic nitrogens is 4. The van der Waals surface area contributed by atoms with Gasteiger partial charge >= 0.3 is 16.0 Å². The number of fused-ring (bicyclic) bond motifs is 1. The lowest BCUT2D eigenvalue weighted by Crippen LogP contribution is -2.36. The summed E-state index contributed by atoms with van der Waals surface area (Å²) < 4.78 is 34.7. The van der Waals surface area contributed by atoms with Gasteiger partial charge in [-0.15, -0.1) is 5.10 Å². The molecule has 0 saturated carbocycles. The van der Waals surface area contributed by atoms with Gasteiger partial charge in [-0.05, 0) is 45.4 Å². The zero-order valence-corrected chi connectivity index (χ0v) is 18.0. The third kappa shape index (κ3) is 3.98. The number of hydrogen-bond donors (Lipinski definition) is 1. The molecule has 0 radical (unpaired) electrons. The Morgan fingerprint density at radius 1 is 1.23 bits per heavy atom. The minimum Gasteiger partial charge on any atom is -0.478 e. The third-order valence-corrected chi connectivity index (χ3v) is 6.06. The average Bonchev–Trinajstić information content (AvgIpc) is 3.11. The molecule has 0 bridgehead atoms. The van der Waals surface area contributed by atoms with E-state index in [0.717, 1.165) is 4.31 Å². The highest BCUT2D eigenvalue weighted by Gasteiger charge is 2.33. The molecule has 0 spiro atoms. The first-order valence-corrected chi connectivity index (χ1v) is 10.7. The highest BCUT2D eigenvalue weighted by molar-refractivity contribution is 7.92. The molecule has 3 rings (SSSR count). The summed E-state index contributed by atoms with van der Waals surface area (Å²) in [5.74, 6) is -1.08. The van der Waals surface area contributed by atoms with Crippen LogP contribution in [-0.2, 0) is 14.8 Å². The molecule has 0 aliphatic carbocycles. The van der Waals surface area contributed by atoms with Crippen LogP contribution in [0.15, 0.2) is 29.4 Å². The van der Waals surface area contributed by atoms with Crippen molar-refractivity contribution in [3.05, 3.63) is 46.8 Å². The lowest BCUT2D eigenvalue weighted by atomic mass is 10.1. The van der Waals surface area contributed by atoms with Crippen molar-refractivity contribution in [2.24, 2.45) is 0 Å². The number of anilines is 1. The molecule has 0 aliphatic heterocycles. The van der Waals surface area contributed by atoms with Crippen LogP contribution in [-0.4, -0.2) is 58.8 Å². The molecule has 0 fully saturated rings. The van der Waals surface area contributed by atoms with Gasteiger partial charge in [-0.2, -0.15) is 13.4 Å². The Morgan fingerprint density at radius 2 is 1.97 bits per heavy atom. The molecule has 11 heteroatoms. The zero-order valence-electron chi connectivity index (χ0n) is 17.2. The summed E-state index contributed by atoms with van der Waals surface area (Å²) in [6.45, 7) is 7.35. The van der Waals surface area contributed by atoms with Gasteiger partial charge in [-0.1, -0.05) is 12.1 Å². The average molecular weight is 433 g/mol. The van der Waals surface area contributed by atoms with Gasteiger partial charge in [-0.25, -0.2) is 14.3 Å². The number of sulfonamides is 1. The second-order valence-electron chi connectivity index (χ2n) is 6.70. The van der Waals surface area contributed by atoms with Crippen molar-refractivity contribution in [2.45, 2.75) is 32.9 Å². The van der Waals surface area contributed by atoms with Gasteiger partial charge < -0.3 is 9.84 Å². The molecule has 0 aliphatic rings. The van der Waals surface area contributed by atoms with Crippen molar-refractivity contribution in [1.82, 2.24) is 19.6 Å². The van der Waals surface area contributed by atoms with Gasteiger partial charge in [-0.3, -0.25) is 4.31 Å². The highest BCUT2D eigenvalue weighted by atomic mass is 32.2. The van der Waals surface area contributed by atoms with E-state index in [1.165, 1.54) is 10.6 Å². The Kier molecular flexibility index (Phi) is 6.04. The minimum absolute atomic E-state index is 0.0596. The van der Waals surface area contributed by atoms with Crippen molar-refractivity contribution in [2.75, 3.05) is 24.1 Å². The number of carboxylic acid groups (broad SMARTS) is 1. The van der Waals surface area contributed by atoms with Crippen molar-refractivity contribution in [1.29, 1.82) is 0 Å². The third-order valence-electron chi connectivity index (χ3n) is 4.48. The maximum absolute atomic E-state index is 13.5. The monoisotopic (exact) mass is 433 g/mol. The predicted molar refractivity (Wildman–Crippen MR) is 109 cm³/mol. The van der Waals surface area contributed by atoms with E-state index in [0.29, 0.717) is 23.6 Å². The predicted octanol–water partition coefficient (Wildman–Crippen LogP) is 1.98. The lowest BCUT2D eigenvalue weighted by Gasteiger charge is -2.25. The van der Waals surface area contributed by atoms with Crippen LogP contribution in [0.2, 0.25) is 0 Å². The molecule has 30 heavy (non-hydrogen) atoms. The van der Waals surface area contributed by atoms with Crippen molar-refractivity contribution in [3.63, 3.8) is 0 Å². The van der Waals surface area contributed by atoms with Gasteiger partial charge in [0, 0.05) is 18.0 Å². The molecule has 3 aromatic rings. The fourth-order valence-corrected chi connectivity index (χ4v) is 4.54. The number of hydrogen-bond acceptors (Lipinski definition) is 7. The SMILES string of the molecule is CCOCCN(c1c(C)cccc1C(=O)O)S(=O)(=O)c1nc2nc(C)cc(C)n2n1. The Hall–Kier alpha value is -3.05. The first-order chi connectivity index (χ1) is 14.2. The molecule has 2 aromatic heterocycles. The summed E-state index contributed by atoms with van der Waals surface area (Å²) in [5.41, 5.74) is 1.77. The minimum atomic E-state index is -4.30. The van der Waals surface area contributed by atoms with Crippen molar-refractivity contribution >= 4 is 27.5 Å². The topological polar surface area (TPSA) is 127 Å². The van der Waals surface area contributed by atoms with Gasteiger partial charge in [0.25, 0.3) is 10.9 Å². The maximum Gasteiger partial charge on any atom is 0.337 e. The molecular formula is C19H23N5O5S. The summed E-state index contributed by atoms with van der Waals surface area (Å²) >= 11 is 0. The summed E-state index contributed by atoms with van der Waals surface area (Å²) in [5, 5.41) is 13.3. The van der Waals surface area contributed by atoms with E-state index in [4.69, 9.17) is 4.74 Å². The van der Waals surface area contributed by atoms with E-state index in [2.05, 4.69) is 15.1 Å². The van der Waals surface area contributed by atoms with Gasteiger partial charge in [0.15, 0.2) is 0 Å². The number of carbonyl (C=O) groups is 1. The molecule has 2 heterocycles. The number of aromatic carboxylic acids is 1. The first-order valence-electron chi connectivity index (χ1n) is 9.31. The van der Waals surface area contributed by atoms with Gasteiger partial charge in [0.1, 0.15) is 0 Å². The van der Waals surface area contributed by atoms with Crippen LogP contribution in [0, 0.1) is 20.8 Å². The molecular weight excluding hydrogens is 410 g/mol. The molecule has 0 saturated heterocycles. The van der Waals surface area contributed by atoms with Crippen molar-refractivity contribution < 1.29 is 23.1 Å². The summed E-state index contributed by atoms with van der Waals surface area (Å²) in [4.78, 5) is 20.1. The fourth-order valence-electron chi connectivity index (χ4n) is 3.16. The molecule has 1 aromatic carbocycles. The van der Waals surface area contributed by atoms with E-state index >= 15 is 0 Å². The normalized spacial score (nSPS) is 11.7. The van der Waals surface area contributed by atoms with Crippen LogP contribution in [0.1, 0.15) is 34.2 Å². The van der Waals surface area contributed by atoms with E-state index < -0.39 is 21.1 Å². The van der Waals surface area contributed by atoms with Gasteiger partial charge in [0.05, 0.1) is 24.4 Å². The number of ether oxygens (including phenoxy) is 1. The molecule has 160 valence electrons. The Balaban J connectivity index is 2.19. The number of nitrogens with zero attached hydrogens (tertiary/aromatic N) is 5. The fraction of sp³-hybridized carbons (Fsp3) is 0.368. The van der Waals surface area contributed by atoms with Crippen LogP contribution in [0.5, 0.6) is 0 Å². The molecule has 1 N–H and O–H groups in total. The summed E-state index contributed by atoms with van der Waals surface area (Å²) in [6, 6.07) is 6.33. The van der Waals surface area contributed by atoms with Crippen LogP contribution >= 0.6 is 0 Å². The largest absolute Gasteiger partial charge is 0.478 e. The number of para-hydroxylation sites is 1. The Morgan fingerprint density at radius 3 is 2.63 bits per heavy atom. The Labute approximate surface area is 174 Å². The second-order valence-corrected chi connectivity index (χ2v) is 8.45. The van der Waals surface area contributed by atoms with Crippen LogP contribution in [0.4, 0.5) is 5.69 Å². The highest BCUT2D eigenvalue weighted by Crippen LogP contribution is 2.30.